The SMILES string of the molecule is CC(C)(C)OC(=O)NC1CC2CCC(C1)N2C(=O)[C@@H]1C[C@@H](Oc2ccc(Cl)c(Oc3ccccc3)c2)CN1S(=O)(=O)c1ccc2cc(OC3CCCC3)ccc2c1. The number of carbonyl (C=O) groups is 2. The number of hydrogen-bond donors (Lipinski definition) is 1. The van der Waals surface area contributed by atoms with E-state index in [1.807, 2.05) is 74.2 Å². The first-order valence-electron chi connectivity index (χ1n) is 20.0. The Morgan fingerprint density at radius 3 is 2.12 bits per heavy atom. The van der Waals surface area contributed by atoms with Crippen molar-refractivity contribution in [3.8, 4) is 23.0 Å². The molecule has 3 heterocycles. The standard InChI is InChI=1S/C44H50ClN3O8S/c1-44(2,3)56-43(50)46-30-23-31-15-16-32(24-30)48(31)42(49)40-25-37(54-36-18-20-39(45)41(26-36)55-34-9-5-4-6-10-34)27-47(40)57(51,52)38-19-14-28-21-35(17-13-29(28)22-38)53-33-11-7-8-12-33/h4-6,9-10,13-14,17-22,26,30-33,37,40H,7-8,11-12,15-16,23-25,27H2,1-3H3,(H,46,50)/t30?,31?,32?,37-,40+/m1/s1. The summed E-state index contributed by atoms with van der Waals surface area (Å²) in [4.78, 5) is 29.4. The number of nitrogens with one attached hydrogen (secondary N) is 1. The van der Waals surface area contributed by atoms with Crippen LogP contribution in [0.15, 0.2) is 89.8 Å². The maximum atomic E-state index is 14.8. The molecule has 4 aromatic rings. The lowest BCUT2D eigenvalue weighted by atomic mass is 9.96. The zero-order valence-electron chi connectivity index (χ0n) is 32.6. The molecule has 13 heteroatoms. The van der Waals surface area contributed by atoms with Gasteiger partial charge in [-0.25, -0.2) is 13.2 Å². The van der Waals surface area contributed by atoms with Gasteiger partial charge in [-0.3, -0.25) is 4.79 Å². The van der Waals surface area contributed by atoms with Gasteiger partial charge in [0.05, 0.1) is 22.6 Å². The molecule has 1 N–H and O–H groups in total. The normalized spacial score (nSPS) is 24.1. The van der Waals surface area contributed by atoms with E-state index in [4.69, 9.17) is 30.5 Å². The maximum Gasteiger partial charge on any atom is 0.407 e. The number of carbonyl (C=O) groups excluding carboxylic acids is 2. The Labute approximate surface area is 339 Å². The van der Waals surface area contributed by atoms with E-state index in [0.29, 0.717) is 35.1 Å². The van der Waals surface area contributed by atoms with Gasteiger partial charge in [0.15, 0.2) is 0 Å². The van der Waals surface area contributed by atoms with Crippen molar-refractivity contribution >= 4 is 44.4 Å². The van der Waals surface area contributed by atoms with Gasteiger partial charge in [0.1, 0.15) is 40.7 Å². The number of nitrogens with zero attached hydrogens (tertiary/aromatic N) is 2. The number of amides is 2. The Hall–Kier alpha value is -4.52. The van der Waals surface area contributed by atoms with Crippen molar-refractivity contribution in [3.63, 3.8) is 0 Å². The summed E-state index contributed by atoms with van der Waals surface area (Å²) in [6, 6.07) is 23.7. The molecule has 57 heavy (non-hydrogen) atoms. The molecule has 1 saturated carbocycles. The quantitative estimate of drug-likeness (QED) is 0.169. The summed E-state index contributed by atoms with van der Waals surface area (Å²) in [5.74, 6) is 1.97. The van der Waals surface area contributed by atoms with Crippen LogP contribution in [0.3, 0.4) is 0 Å². The van der Waals surface area contributed by atoms with Crippen molar-refractivity contribution in [2.75, 3.05) is 6.54 Å². The predicted octanol–water partition coefficient (Wildman–Crippen LogP) is 8.86. The lowest BCUT2D eigenvalue weighted by Crippen LogP contribution is -2.57. The number of piperidine rings is 1. The van der Waals surface area contributed by atoms with Crippen molar-refractivity contribution in [2.45, 2.75) is 125 Å². The number of benzene rings is 4. The number of alkyl carbamates (subject to hydrolysis) is 1. The van der Waals surface area contributed by atoms with Gasteiger partial charge in [-0.2, -0.15) is 4.31 Å². The fourth-order valence-corrected chi connectivity index (χ4v) is 10.7. The summed E-state index contributed by atoms with van der Waals surface area (Å²) in [6.45, 7) is 5.43. The van der Waals surface area contributed by atoms with E-state index in [1.54, 1.807) is 36.4 Å². The monoisotopic (exact) mass is 815 g/mol. The van der Waals surface area contributed by atoms with Crippen LogP contribution in [0.5, 0.6) is 23.0 Å². The van der Waals surface area contributed by atoms with Gasteiger partial charge in [-0.15, -0.1) is 0 Å². The lowest BCUT2D eigenvalue weighted by molar-refractivity contribution is -0.139. The van der Waals surface area contributed by atoms with Crippen LogP contribution < -0.4 is 19.5 Å². The van der Waals surface area contributed by atoms with Crippen molar-refractivity contribution in [2.24, 2.45) is 0 Å². The number of rotatable bonds is 10. The van der Waals surface area contributed by atoms with Crippen LogP contribution in [-0.2, 0) is 19.6 Å². The van der Waals surface area contributed by atoms with Crippen LogP contribution in [0.25, 0.3) is 10.8 Å². The largest absolute Gasteiger partial charge is 0.490 e. The van der Waals surface area contributed by atoms with Crippen molar-refractivity contribution in [3.05, 3.63) is 90.0 Å². The molecule has 0 aromatic heterocycles. The third kappa shape index (κ3) is 8.83. The summed E-state index contributed by atoms with van der Waals surface area (Å²) in [5.41, 5.74) is -0.629. The van der Waals surface area contributed by atoms with Crippen LogP contribution in [0.2, 0.25) is 5.02 Å². The highest BCUT2D eigenvalue weighted by atomic mass is 35.5. The summed E-state index contributed by atoms with van der Waals surface area (Å²) < 4.78 is 54.9. The maximum absolute atomic E-state index is 14.8. The fraction of sp³-hybridized carbons (Fsp3) is 0.455. The Morgan fingerprint density at radius 1 is 0.754 bits per heavy atom. The molecular formula is C44H50ClN3O8S. The molecule has 2 bridgehead atoms. The van der Waals surface area contributed by atoms with Gasteiger partial charge in [0.25, 0.3) is 0 Å². The number of para-hydroxylation sites is 1. The molecule has 3 saturated heterocycles. The molecule has 0 spiro atoms. The molecule has 0 radical (unpaired) electrons. The molecule has 4 fully saturated rings. The van der Waals surface area contributed by atoms with Crippen molar-refractivity contribution in [1.29, 1.82) is 0 Å². The minimum Gasteiger partial charge on any atom is -0.490 e. The minimum absolute atomic E-state index is 0.0333. The molecule has 4 atom stereocenters. The van der Waals surface area contributed by atoms with E-state index in [0.717, 1.165) is 42.2 Å². The molecular weight excluding hydrogens is 766 g/mol. The Balaban J connectivity index is 1.05. The first-order chi connectivity index (χ1) is 27.3. The summed E-state index contributed by atoms with van der Waals surface area (Å²) in [6.07, 6.45) is 6.33. The van der Waals surface area contributed by atoms with Gasteiger partial charge in [0, 0.05) is 30.6 Å². The van der Waals surface area contributed by atoms with Gasteiger partial charge < -0.3 is 29.2 Å². The second-order valence-electron chi connectivity index (χ2n) is 16.7. The zero-order chi connectivity index (χ0) is 39.9. The van der Waals surface area contributed by atoms with E-state index in [2.05, 4.69) is 5.32 Å². The summed E-state index contributed by atoms with van der Waals surface area (Å²) >= 11 is 6.50. The van der Waals surface area contributed by atoms with E-state index in [9.17, 15) is 18.0 Å². The van der Waals surface area contributed by atoms with Gasteiger partial charge in [-0.1, -0.05) is 41.9 Å². The first kappa shape index (κ1) is 39.3. The Kier molecular flexibility index (Phi) is 11.1. The lowest BCUT2D eigenvalue weighted by Gasteiger charge is -2.41. The van der Waals surface area contributed by atoms with Crippen LogP contribution in [0.4, 0.5) is 4.79 Å². The third-order valence-corrected chi connectivity index (χ3v) is 13.6. The van der Waals surface area contributed by atoms with Gasteiger partial charge in [-0.05, 0) is 131 Å². The van der Waals surface area contributed by atoms with Crippen molar-refractivity contribution in [1.82, 2.24) is 14.5 Å². The van der Waals surface area contributed by atoms with E-state index >= 15 is 0 Å². The number of ether oxygens (including phenoxy) is 4. The van der Waals surface area contributed by atoms with Crippen LogP contribution in [0.1, 0.15) is 78.6 Å². The van der Waals surface area contributed by atoms with E-state index in [1.165, 1.54) is 17.1 Å². The number of hydrogen-bond acceptors (Lipinski definition) is 8. The highest BCUT2D eigenvalue weighted by Crippen LogP contribution is 2.40. The van der Waals surface area contributed by atoms with Crippen LogP contribution in [-0.4, -0.2) is 78.1 Å². The topological polar surface area (TPSA) is 124 Å². The summed E-state index contributed by atoms with van der Waals surface area (Å²) in [5, 5.41) is 5.02. The highest BCUT2D eigenvalue weighted by Gasteiger charge is 2.51. The van der Waals surface area contributed by atoms with Gasteiger partial charge in [0.2, 0.25) is 15.9 Å². The molecule has 3 aliphatic heterocycles. The second-order valence-corrected chi connectivity index (χ2v) is 19.0. The van der Waals surface area contributed by atoms with E-state index < -0.39 is 33.9 Å². The smallest absolute Gasteiger partial charge is 0.407 e. The first-order valence-corrected chi connectivity index (χ1v) is 21.8. The molecule has 2 amide bonds. The Morgan fingerprint density at radius 2 is 1.40 bits per heavy atom. The molecule has 1 aliphatic carbocycles. The molecule has 11 nitrogen and oxygen atoms in total. The molecule has 302 valence electrons. The van der Waals surface area contributed by atoms with Gasteiger partial charge >= 0.3 is 6.09 Å². The molecule has 2 unspecified atom stereocenters. The molecule has 4 aromatic carbocycles. The van der Waals surface area contributed by atoms with Crippen molar-refractivity contribution < 1.29 is 37.0 Å². The van der Waals surface area contributed by atoms with Crippen LogP contribution >= 0.6 is 11.6 Å². The molecule has 8 rings (SSSR count). The van der Waals surface area contributed by atoms with Crippen LogP contribution in [0, 0.1) is 0 Å². The third-order valence-electron chi connectivity index (χ3n) is 11.4. The average Bonchev–Trinajstić information content (AvgIpc) is 3.91. The van der Waals surface area contributed by atoms with E-state index in [-0.39, 0.29) is 48.0 Å². The average molecular weight is 816 g/mol. The fourth-order valence-electron chi connectivity index (χ4n) is 8.86. The second kappa shape index (κ2) is 16.0. The summed E-state index contributed by atoms with van der Waals surface area (Å²) in [7, 11) is -4.18. The Bertz CT molecular complexity index is 2210. The predicted molar refractivity (Wildman–Crippen MR) is 218 cm³/mol. The minimum atomic E-state index is -4.18. The number of sulfonamides is 1. The zero-order valence-corrected chi connectivity index (χ0v) is 34.1. The molecule has 4 aliphatic rings. The number of fused-ring (bicyclic) bond motifs is 3. The highest BCUT2D eigenvalue weighted by molar-refractivity contribution is 7.89. The number of halogens is 1.